The van der Waals surface area contributed by atoms with Gasteiger partial charge < -0.3 is 8.83 Å². The maximum absolute atomic E-state index is 6.05. The second-order valence-corrected chi connectivity index (χ2v) is 8.38. The Hall–Kier alpha value is -0.740. The molecule has 0 aliphatic carbocycles. The lowest BCUT2D eigenvalue weighted by Gasteiger charge is -2.01. The molecule has 0 unspecified atom stereocenters. The van der Waals surface area contributed by atoms with Gasteiger partial charge in [-0.1, -0.05) is 27.7 Å². The summed E-state index contributed by atoms with van der Waals surface area (Å²) in [6.07, 6.45) is 8.56. The zero-order chi connectivity index (χ0) is 17.4. The highest BCUT2D eigenvalue weighted by molar-refractivity contribution is 8.76. The Morgan fingerprint density at radius 1 is 0.625 bits per heavy atom. The van der Waals surface area contributed by atoms with Crippen LogP contribution >= 0.6 is 21.6 Å². The van der Waals surface area contributed by atoms with E-state index in [2.05, 4.69) is 39.8 Å². The van der Waals surface area contributed by atoms with Gasteiger partial charge >= 0.3 is 0 Å². The van der Waals surface area contributed by atoms with Crippen LogP contribution in [-0.2, 0) is 25.7 Å². The summed E-state index contributed by atoms with van der Waals surface area (Å²) in [5, 5.41) is 0. The van der Waals surface area contributed by atoms with Crippen molar-refractivity contribution in [3.63, 3.8) is 0 Å². The predicted octanol–water partition coefficient (Wildman–Crippen LogP) is 7.48. The van der Waals surface area contributed by atoms with Gasteiger partial charge in [-0.3, -0.25) is 0 Å². The highest BCUT2D eigenvalue weighted by Gasteiger charge is 2.15. The van der Waals surface area contributed by atoms with Crippen molar-refractivity contribution in [3.8, 4) is 0 Å². The number of hydrogen-bond donors (Lipinski definition) is 0. The van der Waals surface area contributed by atoms with Gasteiger partial charge in [-0.2, -0.15) is 0 Å². The van der Waals surface area contributed by atoms with Gasteiger partial charge in [0, 0.05) is 25.7 Å². The molecule has 0 saturated heterocycles. The summed E-state index contributed by atoms with van der Waals surface area (Å²) in [5.74, 6) is 4.54. The maximum Gasteiger partial charge on any atom is 0.118 e. The lowest BCUT2D eigenvalue weighted by molar-refractivity contribution is 0.454. The third-order valence-electron chi connectivity index (χ3n) is 3.81. The van der Waals surface area contributed by atoms with Crippen molar-refractivity contribution in [2.24, 2.45) is 0 Å². The Kier molecular flexibility index (Phi) is 8.40. The first-order chi connectivity index (χ1) is 11.7. The fourth-order valence-electron chi connectivity index (χ4n) is 2.70. The average molecular weight is 367 g/mol. The Morgan fingerprint density at radius 3 is 1.33 bits per heavy atom. The standard InChI is InChI=1S/C20H30O2S2/c1-5-9-15-13-19(17(21-15)11-7-3)23-24-20-14-16(10-6-2)22-18(20)12-8-4/h13-14H,5-12H2,1-4H3. The van der Waals surface area contributed by atoms with Crippen LogP contribution in [0, 0.1) is 0 Å². The lowest BCUT2D eigenvalue weighted by Crippen LogP contribution is -1.82. The van der Waals surface area contributed by atoms with Crippen LogP contribution in [0.4, 0.5) is 0 Å². The van der Waals surface area contributed by atoms with Gasteiger partial charge in [0.15, 0.2) is 0 Å². The van der Waals surface area contributed by atoms with E-state index < -0.39 is 0 Å². The zero-order valence-electron chi connectivity index (χ0n) is 15.4. The zero-order valence-corrected chi connectivity index (χ0v) is 17.1. The Bertz CT molecular complexity index is 559. The van der Waals surface area contributed by atoms with Crippen LogP contribution in [0.15, 0.2) is 30.8 Å². The molecule has 2 nitrogen and oxygen atoms in total. The van der Waals surface area contributed by atoms with Crippen molar-refractivity contribution in [1.82, 2.24) is 0 Å². The topological polar surface area (TPSA) is 26.3 Å². The molecule has 2 aromatic heterocycles. The van der Waals surface area contributed by atoms with Crippen molar-refractivity contribution in [3.05, 3.63) is 35.2 Å². The monoisotopic (exact) mass is 366 g/mol. The van der Waals surface area contributed by atoms with Crippen molar-refractivity contribution in [2.75, 3.05) is 0 Å². The summed E-state index contributed by atoms with van der Waals surface area (Å²) in [6, 6.07) is 4.47. The van der Waals surface area contributed by atoms with E-state index in [-0.39, 0.29) is 0 Å². The summed E-state index contributed by atoms with van der Waals surface area (Å²) >= 11 is 0. The van der Waals surface area contributed by atoms with E-state index in [1.807, 2.05) is 21.6 Å². The van der Waals surface area contributed by atoms with E-state index in [9.17, 15) is 0 Å². The minimum absolute atomic E-state index is 1.01. The highest BCUT2D eigenvalue weighted by Crippen LogP contribution is 2.43. The number of aryl methyl sites for hydroxylation is 4. The number of hydrogen-bond acceptors (Lipinski definition) is 4. The molecule has 0 atom stereocenters. The molecule has 134 valence electrons. The van der Waals surface area contributed by atoms with E-state index in [4.69, 9.17) is 8.83 Å². The van der Waals surface area contributed by atoms with Crippen molar-refractivity contribution in [2.45, 2.75) is 88.9 Å². The molecular formula is C20H30O2S2. The molecule has 0 spiro atoms. The van der Waals surface area contributed by atoms with Gasteiger partial charge in [-0.15, -0.1) is 0 Å². The summed E-state index contributed by atoms with van der Waals surface area (Å²) in [7, 11) is 3.64. The Labute approximate surface area is 154 Å². The number of furan rings is 2. The van der Waals surface area contributed by atoms with Crippen LogP contribution in [0.5, 0.6) is 0 Å². The van der Waals surface area contributed by atoms with Crippen LogP contribution in [0.3, 0.4) is 0 Å². The fourth-order valence-corrected chi connectivity index (χ4v) is 5.10. The summed E-state index contributed by atoms with van der Waals surface area (Å²) in [5.41, 5.74) is 0. The maximum atomic E-state index is 6.05. The van der Waals surface area contributed by atoms with Gasteiger partial charge in [0.2, 0.25) is 0 Å². The van der Waals surface area contributed by atoms with E-state index in [0.29, 0.717) is 0 Å². The largest absolute Gasteiger partial charge is 0.465 e. The van der Waals surface area contributed by atoms with Crippen LogP contribution in [0.2, 0.25) is 0 Å². The molecule has 0 aliphatic heterocycles. The van der Waals surface area contributed by atoms with E-state index in [0.717, 1.165) is 74.4 Å². The van der Waals surface area contributed by atoms with Crippen molar-refractivity contribution >= 4 is 21.6 Å². The van der Waals surface area contributed by atoms with Gasteiger partial charge in [0.25, 0.3) is 0 Å². The molecule has 0 aromatic carbocycles. The molecule has 4 heteroatoms. The molecule has 2 rings (SSSR count). The fraction of sp³-hybridized carbons (Fsp3) is 0.600. The minimum Gasteiger partial charge on any atom is -0.465 e. The lowest BCUT2D eigenvalue weighted by atomic mass is 10.2. The molecule has 0 fully saturated rings. The quantitative estimate of drug-likeness (QED) is 0.385. The first-order valence-corrected chi connectivity index (χ1v) is 11.4. The summed E-state index contributed by atoms with van der Waals surface area (Å²) < 4.78 is 12.1. The summed E-state index contributed by atoms with van der Waals surface area (Å²) in [4.78, 5) is 2.57. The summed E-state index contributed by atoms with van der Waals surface area (Å²) in [6.45, 7) is 8.80. The first kappa shape index (κ1) is 19.6. The van der Waals surface area contributed by atoms with Gasteiger partial charge in [0.1, 0.15) is 23.0 Å². The molecule has 0 N–H and O–H groups in total. The second-order valence-electron chi connectivity index (χ2n) is 6.17. The highest BCUT2D eigenvalue weighted by atomic mass is 33.1. The molecule has 2 aromatic rings. The van der Waals surface area contributed by atoms with Crippen molar-refractivity contribution < 1.29 is 8.83 Å². The Morgan fingerprint density at radius 2 is 1.00 bits per heavy atom. The van der Waals surface area contributed by atoms with E-state index in [1.54, 1.807) is 0 Å². The Balaban J connectivity index is 2.11. The molecule has 0 saturated carbocycles. The molecular weight excluding hydrogens is 336 g/mol. The predicted molar refractivity (Wildman–Crippen MR) is 105 cm³/mol. The second kappa shape index (κ2) is 10.3. The minimum atomic E-state index is 1.01. The molecule has 24 heavy (non-hydrogen) atoms. The van der Waals surface area contributed by atoms with E-state index >= 15 is 0 Å². The van der Waals surface area contributed by atoms with Crippen LogP contribution in [0.1, 0.15) is 76.4 Å². The van der Waals surface area contributed by atoms with Gasteiger partial charge in [-0.05, 0) is 59.4 Å². The molecule has 0 bridgehead atoms. The van der Waals surface area contributed by atoms with Gasteiger partial charge in [-0.25, -0.2) is 0 Å². The molecule has 0 aliphatic rings. The molecule has 2 heterocycles. The normalized spacial score (nSPS) is 11.3. The average Bonchev–Trinajstić information content (AvgIpc) is 3.11. The smallest absolute Gasteiger partial charge is 0.118 e. The molecule has 0 radical (unpaired) electrons. The van der Waals surface area contributed by atoms with Crippen molar-refractivity contribution in [1.29, 1.82) is 0 Å². The van der Waals surface area contributed by atoms with E-state index in [1.165, 1.54) is 9.79 Å². The van der Waals surface area contributed by atoms with Crippen LogP contribution in [0.25, 0.3) is 0 Å². The van der Waals surface area contributed by atoms with Crippen LogP contribution < -0.4 is 0 Å². The molecule has 0 amide bonds. The SMILES string of the molecule is CCCc1cc(SSc2cc(CCC)oc2CCC)c(CCC)o1. The first-order valence-electron chi connectivity index (χ1n) is 9.29. The number of rotatable bonds is 11. The third kappa shape index (κ3) is 5.38. The van der Waals surface area contributed by atoms with Gasteiger partial charge in [0.05, 0.1) is 9.79 Å². The van der Waals surface area contributed by atoms with Crippen LogP contribution in [-0.4, -0.2) is 0 Å². The third-order valence-corrected chi connectivity index (χ3v) is 6.27.